The van der Waals surface area contributed by atoms with Crippen LogP contribution >= 0.6 is 0 Å². The van der Waals surface area contributed by atoms with Crippen molar-refractivity contribution in [3.8, 4) is 0 Å². The van der Waals surface area contributed by atoms with Crippen LogP contribution in [0.25, 0.3) is 0 Å². The third-order valence-electron chi connectivity index (χ3n) is 2.21. The summed E-state index contributed by atoms with van der Waals surface area (Å²) in [5.74, 6) is 1.41. The molecule has 0 spiro atoms. The highest BCUT2D eigenvalue weighted by Crippen LogP contribution is 2.21. The number of nitrogens with one attached hydrogen (secondary N) is 1. The highest BCUT2D eigenvalue weighted by atomic mass is 19.4. The van der Waals surface area contributed by atoms with Crippen LogP contribution in [-0.2, 0) is 6.42 Å². The Morgan fingerprint density at radius 2 is 2.06 bits per heavy atom. The first-order valence-corrected chi connectivity index (χ1v) is 5.85. The maximum atomic E-state index is 11.9. The van der Waals surface area contributed by atoms with Gasteiger partial charge in [0.25, 0.3) is 0 Å². The lowest BCUT2D eigenvalue weighted by Gasteiger charge is -2.09. The molecular weight excluding hydrogens is 245 g/mol. The largest absolute Gasteiger partial charge is 0.389 e. The van der Waals surface area contributed by atoms with Gasteiger partial charge in [-0.1, -0.05) is 6.92 Å². The lowest BCUT2D eigenvalue weighted by atomic mass is 10.3. The number of halogens is 3. The summed E-state index contributed by atoms with van der Waals surface area (Å²) < 4.78 is 35.8. The van der Waals surface area contributed by atoms with Crippen LogP contribution in [-0.4, -0.2) is 22.7 Å². The fraction of sp³-hybridized carbons (Fsp3) is 0.636. The van der Waals surface area contributed by atoms with Crippen LogP contribution in [0, 0.1) is 0 Å². The fourth-order valence-corrected chi connectivity index (χ4v) is 1.45. The summed E-state index contributed by atoms with van der Waals surface area (Å²) in [5.41, 5.74) is 5.59. The van der Waals surface area contributed by atoms with E-state index in [0.29, 0.717) is 23.9 Å². The maximum Gasteiger partial charge on any atom is 0.389 e. The van der Waals surface area contributed by atoms with E-state index in [4.69, 9.17) is 5.73 Å². The van der Waals surface area contributed by atoms with Crippen molar-refractivity contribution in [2.75, 3.05) is 17.6 Å². The Bertz CT molecular complexity index is 379. The van der Waals surface area contributed by atoms with Gasteiger partial charge in [0.2, 0.25) is 0 Å². The normalized spacial score (nSPS) is 11.6. The second kappa shape index (κ2) is 6.42. The minimum atomic E-state index is -4.11. The number of alkyl halides is 3. The first-order valence-electron chi connectivity index (χ1n) is 5.85. The third-order valence-corrected chi connectivity index (χ3v) is 2.21. The van der Waals surface area contributed by atoms with Gasteiger partial charge in [0.05, 0.1) is 0 Å². The highest BCUT2D eigenvalue weighted by molar-refractivity contribution is 5.44. The molecule has 0 radical (unpaired) electrons. The predicted molar refractivity (Wildman–Crippen MR) is 64.2 cm³/mol. The number of hydrogen-bond donors (Lipinski definition) is 2. The monoisotopic (exact) mass is 262 g/mol. The fourth-order valence-electron chi connectivity index (χ4n) is 1.45. The second-order valence-electron chi connectivity index (χ2n) is 3.99. The zero-order valence-corrected chi connectivity index (χ0v) is 10.2. The number of anilines is 2. The maximum absolute atomic E-state index is 11.9. The van der Waals surface area contributed by atoms with Gasteiger partial charge in [-0.2, -0.15) is 13.2 Å². The standard InChI is InChI=1S/C11H17F3N4/c1-2-4-9-17-8(15)7-10(18-9)16-6-3-5-11(12,13)14/h7H,2-6H2,1H3,(H3,15,16,17,18). The topological polar surface area (TPSA) is 63.8 Å². The van der Waals surface area contributed by atoms with Crippen molar-refractivity contribution >= 4 is 11.6 Å². The molecule has 18 heavy (non-hydrogen) atoms. The Morgan fingerprint density at radius 1 is 1.33 bits per heavy atom. The van der Waals surface area contributed by atoms with Gasteiger partial charge in [-0.25, -0.2) is 9.97 Å². The molecule has 0 saturated heterocycles. The van der Waals surface area contributed by atoms with Gasteiger partial charge in [0, 0.05) is 25.5 Å². The van der Waals surface area contributed by atoms with E-state index in [-0.39, 0.29) is 13.0 Å². The van der Waals surface area contributed by atoms with E-state index in [1.54, 1.807) is 0 Å². The molecule has 0 saturated carbocycles. The Labute approximate surface area is 104 Å². The summed E-state index contributed by atoms with van der Waals surface area (Å²) in [6.07, 6.45) is -3.32. The zero-order chi connectivity index (χ0) is 13.6. The SMILES string of the molecule is CCCc1nc(N)cc(NCCCC(F)(F)F)n1. The van der Waals surface area contributed by atoms with E-state index in [9.17, 15) is 13.2 Å². The molecule has 0 aliphatic carbocycles. The molecular formula is C11H17F3N4. The van der Waals surface area contributed by atoms with Crippen molar-refractivity contribution < 1.29 is 13.2 Å². The summed E-state index contributed by atoms with van der Waals surface area (Å²) in [6.45, 7) is 2.20. The van der Waals surface area contributed by atoms with Crippen molar-refractivity contribution in [1.29, 1.82) is 0 Å². The minimum absolute atomic E-state index is 0.0104. The molecule has 1 aromatic heterocycles. The van der Waals surface area contributed by atoms with E-state index in [2.05, 4.69) is 15.3 Å². The molecule has 0 bridgehead atoms. The van der Waals surface area contributed by atoms with Gasteiger partial charge in [-0.15, -0.1) is 0 Å². The van der Waals surface area contributed by atoms with Crippen LogP contribution in [0.4, 0.5) is 24.8 Å². The first-order chi connectivity index (χ1) is 8.40. The molecule has 0 atom stereocenters. The quantitative estimate of drug-likeness (QED) is 0.774. The lowest BCUT2D eigenvalue weighted by Crippen LogP contribution is -2.12. The average Bonchev–Trinajstić information content (AvgIpc) is 2.23. The molecule has 1 aromatic rings. The smallest absolute Gasteiger partial charge is 0.384 e. The van der Waals surface area contributed by atoms with Crippen molar-refractivity contribution in [3.63, 3.8) is 0 Å². The van der Waals surface area contributed by atoms with Gasteiger partial charge >= 0.3 is 6.18 Å². The summed E-state index contributed by atoms with van der Waals surface area (Å²) >= 11 is 0. The molecule has 102 valence electrons. The van der Waals surface area contributed by atoms with Crippen molar-refractivity contribution in [2.45, 2.75) is 38.8 Å². The number of nitrogens with two attached hydrogens (primary N) is 1. The van der Waals surface area contributed by atoms with Crippen LogP contribution in [0.15, 0.2) is 6.07 Å². The molecule has 4 nitrogen and oxygen atoms in total. The van der Waals surface area contributed by atoms with E-state index >= 15 is 0 Å². The summed E-state index contributed by atoms with van der Waals surface area (Å²) in [7, 11) is 0. The van der Waals surface area contributed by atoms with Crippen molar-refractivity contribution in [1.82, 2.24) is 9.97 Å². The third kappa shape index (κ3) is 5.70. The molecule has 1 rings (SSSR count). The minimum Gasteiger partial charge on any atom is -0.384 e. The molecule has 0 aliphatic heterocycles. The van der Waals surface area contributed by atoms with Gasteiger partial charge in [-0.3, -0.25) is 0 Å². The predicted octanol–water partition coefficient (Wildman–Crippen LogP) is 2.77. The molecule has 1 heterocycles. The number of aromatic nitrogens is 2. The van der Waals surface area contributed by atoms with Crippen LogP contribution in [0.2, 0.25) is 0 Å². The molecule has 0 fully saturated rings. The van der Waals surface area contributed by atoms with E-state index < -0.39 is 12.6 Å². The van der Waals surface area contributed by atoms with E-state index in [1.807, 2.05) is 6.92 Å². The number of hydrogen-bond acceptors (Lipinski definition) is 4. The second-order valence-corrected chi connectivity index (χ2v) is 3.99. The number of nitrogens with zero attached hydrogens (tertiary/aromatic N) is 2. The van der Waals surface area contributed by atoms with Crippen molar-refractivity contribution in [3.05, 3.63) is 11.9 Å². The summed E-state index contributed by atoms with van der Waals surface area (Å²) in [4.78, 5) is 8.21. The lowest BCUT2D eigenvalue weighted by molar-refractivity contribution is -0.134. The van der Waals surface area contributed by atoms with Crippen LogP contribution in [0.3, 0.4) is 0 Å². The van der Waals surface area contributed by atoms with Crippen LogP contribution < -0.4 is 11.1 Å². The van der Waals surface area contributed by atoms with Gasteiger partial charge in [-0.05, 0) is 12.8 Å². The average molecular weight is 262 g/mol. The highest BCUT2D eigenvalue weighted by Gasteiger charge is 2.25. The molecule has 0 aromatic carbocycles. The van der Waals surface area contributed by atoms with Crippen LogP contribution in [0.5, 0.6) is 0 Å². The molecule has 0 aliphatic rings. The summed E-state index contributed by atoms with van der Waals surface area (Å²) in [5, 5.41) is 2.83. The Morgan fingerprint density at radius 3 is 2.67 bits per heavy atom. The van der Waals surface area contributed by atoms with Gasteiger partial charge in [0.1, 0.15) is 17.5 Å². The molecule has 3 N–H and O–H groups in total. The number of nitrogen functional groups attached to an aromatic ring is 1. The summed E-state index contributed by atoms with van der Waals surface area (Å²) in [6, 6.07) is 1.52. The van der Waals surface area contributed by atoms with E-state index in [1.165, 1.54) is 6.07 Å². The van der Waals surface area contributed by atoms with E-state index in [0.717, 1.165) is 6.42 Å². The van der Waals surface area contributed by atoms with Gasteiger partial charge in [0.15, 0.2) is 0 Å². The number of rotatable bonds is 6. The van der Waals surface area contributed by atoms with Crippen molar-refractivity contribution in [2.24, 2.45) is 0 Å². The molecule has 7 heteroatoms. The van der Waals surface area contributed by atoms with Gasteiger partial charge < -0.3 is 11.1 Å². The Balaban J connectivity index is 2.46. The molecule has 0 amide bonds. The molecule has 0 unspecified atom stereocenters. The van der Waals surface area contributed by atoms with Crippen LogP contribution in [0.1, 0.15) is 32.0 Å². The zero-order valence-electron chi connectivity index (χ0n) is 10.2. The Hall–Kier alpha value is -1.53. The first kappa shape index (κ1) is 14.5. The number of aryl methyl sites for hydroxylation is 1. The Kier molecular flexibility index (Phi) is 5.18.